The summed E-state index contributed by atoms with van der Waals surface area (Å²) in [6.07, 6.45) is 0.488. The first-order valence-corrected chi connectivity index (χ1v) is 10.9. The number of ether oxygens (including phenoxy) is 3. The fourth-order valence-corrected chi connectivity index (χ4v) is 4.91. The Bertz CT molecular complexity index is 996. The van der Waals surface area contributed by atoms with E-state index < -0.39 is 23.8 Å². The zero-order valence-electron chi connectivity index (χ0n) is 18.2. The van der Waals surface area contributed by atoms with E-state index in [0.717, 1.165) is 11.3 Å². The highest BCUT2D eigenvalue weighted by Crippen LogP contribution is 2.46. The maximum Gasteiger partial charge on any atom is 0.336 e. The zero-order valence-corrected chi connectivity index (χ0v) is 19.8. The topological polar surface area (TPSA) is 90.9 Å². The molecule has 0 bridgehead atoms. The van der Waals surface area contributed by atoms with E-state index in [4.69, 9.17) is 14.2 Å². The molecule has 1 heterocycles. The molecule has 0 unspecified atom stereocenters. The fourth-order valence-electron chi connectivity index (χ4n) is 4.36. The molecule has 0 fully saturated rings. The Kier molecular flexibility index (Phi) is 6.89. The van der Waals surface area contributed by atoms with Crippen LogP contribution in [0.4, 0.5) is 0 Å². The number of dihydropyridines is 1. The van der Waals surface area contributed by atoms with Gasteiger partial charge in [-0.25, -0.2) is 4.79 Å². The molecular formula is C23H26BrNO6. The average molecular weight is 492 g/mol. The summed E-state index contributed by atoms with van der Waals surface area (Å²) in [7, 11) is 2.84. The Labute approximate surface area is 189 Å². The van der Waals surface area contributed by atoms with Crippen molar-refractivity contribution in [3.8, 4) is 5.75 Å². The summed E-state index contributed by atoms with van der Waals surface area (Å²) < 4.78 is 16.2. The molecule has 31 heavy (non-hydrogen) atoms. The molecule has 1 N–H and O–H groups in total. The first-order valence-electron chi connectivity index (χ1n) is 10.1. The van der Waals surface area contributed by atoms with Gasteiger partial charge in [0.05, 0.1) is 30.9 Å². The molecule has 1 aromatic rings. The van der Waals surface area contributed by atoms with E-state index in [-0.39, 0.29) is 18.3 Å². The Morgan fingerprint density at radius 1 is 1.26 bits per heavy atom. The summed E-state index contributed by atoms with van der Waals surface area (Å²) in [6.45, 7) is 5.58. The summed E-state index contributed by atoms with van der Waals surface area (Å²) >= 11 is 3.49. The summed E-state index contributed by atoms with van der Waals surface area (Å²) in [4.78, 5) is 38.9. The summed E-state index contributed by atoms with van der Waals surface area (Å²) in [5.41, 5.74) is 2.82. The van der Waals surface area contributed by atoms with Gasteiger partial charge in [-0.1, -0.05) is 13.0 Å². The number of methoxy groups -OCH3 is 2. The van der Waals surface area contributed by atoms with E-state index in [1.54, 1.807) is 27.0 Å². The third kappa shape index (κ3) is 4.13. The van der Waals surface area contributed by atoms with Crippen molar-refractivity contribution < 1.29 is 28.6 Å². The molecule has 1 aromatic carbocycles. The van der Waals surface area contributed by atoms with Gasteiger partial charge in [-0.15, -0.1) is 0 Å². The van der Waals surface area contributed by atoms with Crippen LogP contribution < -0.4 is 10.1 Å². The minimum atomic E-state index is -0.920. The minimum Gasteiger partial charge on any atom is -0.496 e. The average Bonchev–Trinajstić information content (AvgIpc) is 2.72. The quantitative estimate of drug-likeness (QED) is 0.496. The van der Waals surface area contributed by atoms with Crippen LogP contribution in [-0.2, 0) is 23.9 Å². The standard InChI is InChI=1S/C23H26BrNO6/c1-6-31-23(28)18-12(3)25-15-9-11(2)17(22(27)30-5)21(26)20(15)19(18)13-7-8-16(29-4)14(24)10-13/h7-8,10-11,17,19,25H,6,9H2,1-5H3/t11-,17-,19-/m1/s1. The molecule has 2 aliphatic rings. The highest BCUT2D eigenvalue weighted by Gasteiger charge is 2.47. The maximum absolute atomic E-state index is 13.6. The monoisotopic (exact) mass is 491 g/mol. The normalized spacial score (nSPS) is 23.2. The van der Waals surface area contributed by atoms with Crippen LogP contribution in [0.3, 0.4) is 0 Å². The number of esters is 2. The number of carbonyl (C=O) groups excluding carboxylic acids is 3. The molecule has 0 radical (unpaired) electrons. The number of halogens is 1. The Morgan fingerprint density at radius 3 is 2.55 bits per heavy atom. The van der Waals surface area contributed by atoms with E-state index >= 15 is 0 Å². The molecule has 1 aliphatic carbocycles. The van der Waals surface area contributed by atoms with E-state index in [2.05, 4.69) is 21.2 Å². The Hall–Kier alpha value is -2.61. The van der Waals surface area contributed by atoms with Gasteiger partial charge in [-0.2, -0.15) is 0 Å². The molecule has 1 aliphatic heterocycles. The van der Waals surface area contributed by atoms with Crippen molar-refractivity contribution in [2.45, 2.75) is 33.1 Å². The van der Waals surface area contributed by atoms with Gasteiger partial charge in [0.25, 0.3) is 0 Å². The number of benzene rings is 1. The van der Waals surface area contributed by atoms with Crippen molar-refractivity contribution in [1.82, 2.24) is 5.32 Å². The number of hydrogen-bond donors (Lipinski definition) is 1. The van der Waals surface area contributed by atoms with Crippen molar-refractivity contribution >= 4 is 33.7 Å². The first kappa shape index (κ1) is 23.1. The van der Waals surface area contributed by atoms with Gasteiger partial charge in [0.15, 0.2) is 5.78 Å². The summed E-state index contributed by atoms with van der Waals surface area (Å²) in [5, 5.41) is 3.23. The molecule has 0 amide bonds. The molecule has 0 spiro atoms. The largest absolute Gasteiger partial charge is 0.496 e. The molecule has 3 rings (SSSR count). The van der Waals surface area contributed by atoms with Crippen molar-refractivity contribution in [1.29, 1.82) is 0 Å². The van der Waals surface area contributed by atoms with Gasteiger partial charge in [-0.05, 0) is 59.8 Å². The number of ketones is 1. The van der Waals surface area contributed by atoms with Gasteiger partial charge in [0, 0.05) is 22.9 Å². The van der Waals surface area contributed by atoms with Crippen molar-refractivity contribution in [2.75, 3.05) is 20.8 Å². The number of Topliss-reactive ketones (excluding diaryl/α,β-unsaturated/α-hetero) is 1. The van der Waals surface area contributed by atoms with Crippen molar-refractivity contribution in [2.24, 2.45) is 11.8 Å². The van der Waals surface area contributed by atoms with Crippen LogP contribution in [0.15, 0.2) is 45.2 Å². The van der Waals surface area contributed by atoms with Crippen LogP contribution in [0, 0.1) is 11.8 Å². The molecule has 166 valence electrons. The third-order valence-electron chi connectivity index (χ3n) is 5.75. The second-order valence-electron chi connectivity index (χ2n) is 7.65. The van der Waals surface area contributed by atoms with Gasteiger partial charge in [0.2, 0.25) is 0 Å². The lowest BCUT2D eigenvalue weighted by Crippen LogP contribution is -2.43. The smallest absolute Gasteiger partial charge is 0.336 e. The van der Waals surface area contributed by atoms with Crippen LogP contribution in [0.5, 0.6) is 5.75 Å². The summed E-state index contributed by atoms with van der Waals surface area (Å²) in [5.74, 6) is -2.60. The van der Waals surface area contributed by atoms with Crippen LogP contribution in [-0.4, -0.2) is 38.5 Å². The number of nitrogens with one attached hydrogen (secondary N) is 1. The fraction of sp³-hybridized carbons (Fsp3) is 0.435. The molecule has 7 nitrogen and oxygen atoms in total. The highest BCUT2D eigenvalue weighted by atomic mass is 79.9. The Balaban J connectivity index is 2.21. The van der Waals surface area contributed by atoms with Crippen LogP contribution >= 0.6 is 15.9 Å². The predicted octanol–water partition coefficient (Wildman–Crippen LogP) is 3.63. The van der Waals surface area contributed by atoms with Crippen LogP contribution in [0.2, 0.25) is 0 Å². The second kappa shape index (κ2) is 9.26. The zero-order chi connectivity index (χ0) is 22.9. The number of rotatable bonds is 5. The molecule has 3 atom stereocenters. The van der Waals surface area contributed by atoms with E-state index in [0.29, 0.717) is 33.5 Å². The van der Waals surface area contributed by atoms with Crippen LogP contribution in [0.1, 0.15) is 38.7 Å². The molecular weight excluding hydrogens is 466 g/mol. The lowest BCUT2D eigenvalue weighted by molar-refractivity contribution is -0.151. The molecule has 0 saturated carbocycles. The second-order valence-corrected chi connectivity index (χ2v) is 8.50. The SMILES string of the molecule is CCOC(=O)C1=C(C)NC2=C(C(=O)[C@H](C(=O)OC)[C@H](C)C2)[C@@H]1c1ccc(OC)c(Br)c1. The number of hydrogen-bond acceptors (Lipinski definition) is 7. The highest BCUT2D eigenvalue weighted by molar-refractivity contribution is 9.10. The van der Waals surface area contributed by atoms with E-state index in [1.807, 2.05) is 19.1 Å². The van der Waals surface area contributed by atoms with E-state index in [9.17, 15) is 14.4 Å². The van der Waals surface area contributed by atoms with Crippen molar-refractivity contribution in [3.63, 3.8) is 0 Å². The van der Waals surface area contributed by atoms with Gasteiger partial charge >= 0.3 is 11.9 Å². The molecule has 8 heteroatoms. The lowest BCUT2D eigenvalue weighted by Gasteiger charge is -2.38. The van der Waals surface area contributed by atoms with Gasteiger partial charge in [0.1, 0.15) is 11.7 Å². The van der Waals surface area contributed by atoms with Gasteiger partial charge < -0.3 is 19.5 Å². The number of carbonyl (C=O) groups is 3. The molecule has 0 aromatic heterocycles. The van der Waals surface area contributed by atoms with Crippen molar-refractivity contribution in [3.05, 3.63) is 50.8 Å². The van der Waals surface area contributed by atoms with E-state index in [1.165, 1.54) is 7.11 Å². The number of allylic oxidation sites excluding steroid dienone is 3. The summed E-state index contributed by atoms with van der Waals surface area (Å²) in [6, 6.07) is 5.41. The maximum atomic E-state index is 13.6. The molecule has 0 saturated heterocycles. The predicted molar refractivity (Wildman–Crippen MR) is 117 cm³/mol. The Morgan fingerprint density at radius 2 is 1.97 bits per heavy atom. The minimum absolute atomic E-state index is 0.205. The lowest BCUT2D eigenvalue weighted by atomic mass is 9.69. The van der Waals surface area contributed by atoms with Gasteiger partial charge in [-0.3, -0.25) is 9.59 Å². The van der Waals surface area contributed by atoms with Crippen LogP contribution in [0.25, 0.3) is 0 Å². The first-order chi connectivity index (χ1) is 14.7. The third-order valence-corrected chi connectivity index (χ3v) is 6.37.